The predicted octanol–water partition coefficient (Wildman–Crippen LogP) is 4.64. The van der Waals surface area contributed by atoms with Gasteiger partial charge in [-0.2, -0.15) is 0 Å². The lowest BCUT2D eigenvalue weighted by Gasteiger charge is -2.05. The average molecular weight is 335 g/mol. The highest BCUT2D eigenvalue weighted by Gasteiger charge is 2.09. The van der Waals surface area contributed by atoms with Gasteiger partial charge in [0.25, 0.3) is 0 Å². The molecule has 0 amide bonds. The molecule has 0 spiro atoms. The normalized spacial score (nSPS) is 10.6. The Kier molecular flexibility index (Phi) is 5.07. The number of ketones is 1. The van der Waals surface area contributed by atoms with Crippen molar-refractivity contribution in [3.63, 3.8) is 0 Å². The molecule has 0 heterocycles. The third-order valence-electron chi connectivity index (χ3n) is 3.17. The van der Waals surface area contributed by atoms with Crippen molar-refractivity contribution in [3.8, 4) is 0 Å². The Balaban J connectivity index is 1.94. The third kappa shape index (κ3) is 4.27. The molecule has 0 N–H and O–H groups in total. The lowest BCUT2D eigenvalue weighted by atomic mass is 10.0. The van der Waals surface area contributed by atoms with Gasteiger partial charge in [-0.25, -0.2) is 4.39 Å². The molecule has 0 aliphatic rings. The van der Waals surface area contributed by atoms with E-state index in [4.69, 9.17) is 0 Å². The van der Waals surface area contributed by atoms with Gasteiger partial charge in [-0.3, -0.25) is 4.79 Å². The van der Waals surface area contributed by atoms with Crippen LogP contribution in [0.3, 0.4) is 0 Å². The van der Waals surface area contributed by atoms with Gasteiger partial charge in [0.05, 0.1) is 0 Å². The summed E-state index contributed by atoms with van der Waals surface area (Å²) in [4.78, 5) is 12.0. The Morgan fingerprint density at radius 2 is 2.00 bits per heavy atom. The van der Waals surface area contributed by atoms with Gasteiger partial charge in [0.15, 0.2) is 0 Å². The van der Waals surface area contributed by atoms with Crippen LogP contribution in [-0.2, 0) is 17.6 Å². The molecule has 2 aromatic rings. The van der Waals surface area contributed by atoms with E-state index in [-0.39, 0.29) is 18.0 Å². The lowest BCUT2D eigenvalue weighted by Crippen LogP contribution is -2.06. The predicted molar refractivity (Wildman–Crippen MR) is 82.3 cm³/mol. The smallest absolute Gasteiger partial charge is 0.137 e. The first-order chi connectivity index (χ1) is 9.54. The van der Waals surface area contributed by atoms with E-state index in [1.165, 1.54) is 11.6 Å². The molecular weight excluding hydrogens is 319 g/mol. The fraction of sp³-hybridized carbons (Fsp3) is 0.235. The van der Waals surface area contributed by atoms with Gasteiger partial charge in [0.2, 0.25) is 0 Å². The molecule has 0 bridgehead atoms. The zero-order chi connectivity index (χ0) is 14.5. The fourth-order valence-electron chi connectivity index (χ4n) is 2.13. The maximum Gasteiger partial charge on any atom is 0.137 e. The van der Waals surface area contributed by atoms with Crippen molar-refractivity contribution >= 4 is 21.7 Å². The first-order valence-electron chi connectivity index (χ1n) is 6.56. The molecule has 0 aromatic heterocycles. The van der Waals surface area contributed by atoms with Crippen LogP contribution < -0.4 is 0 Å². The number of benzene rings is 2. The highest BCUT2D eigenvalue weighted by atomic mass is 79.9. The van der Waals surface area contributed by atoms with E-state index in [1.807, 2.05) is 25.1 Å². The average Bonchev–Trinajstić information content (AvgIpc) is 2.41. The molecule has 20 heavy (non-hydrogen) atoms. The van der Waals surface area contributed by atoms with E-state index in [9.17, 15) is 9.18 Å². The Labute approximate surface area is 127 Å². The summed E-state index contributed by atoms with van der Waals surface area (Å²) in [6, 6.07) is 12.8. The second kappa shape index (κ2) is 6.80. The minimum absolute atomic E-state index is 0.0588. The molecule has 0 saturated carbocycles. The topological polar surface area (TPSA) is 17.1 Å². The lowest BCUT2D eigenvalue weighted by molar-refractivity contribution is -0.118. The number of halogens is 2. The summed E-state index contributed by atoms with van der Waals surface area (Å²) >= 11 is 3.29. The molecule has 0 atom stereocenters. The minimum atomic E-state index is -0.322. The summed E-state index contributed by atoms with van der Waals surface area (Å²) in [5.41, 5.74) is 2.79. The number of hydrogen-bond acceptors (Lipinski definition) is 1. The van der Waals surface area contributed by atoms with Crippen molar-refractivity contribution in [1.82, 2.24) is 0 Å². The Morgan fingerprint density at radius 3 is 2.75 bits per heavy atom. The van der Waals surface area contributed by atoms with Crippen LogP contribution in [0.1, 0.15) is 23.1 Å². The summed E-state index contributed by atoms with van der Waals surface area (Å²) in [7, 11) is 0. The number of carbonyl (C=O) groups is 1. The summed E-state index contributed by atoms with van der Waals surface area (Å²) in [6.07, 6.45) is 1.29. The second-order valence-electron chi connectivity index (χ2n) is 4.94. The van der Waals surface area contributed by atoms with Gasteiger partial charge in [-0.15, -0.1) is 0 Å². The molecule has 104 valence electrons. The SMILES string of the molecule is Cc1cccc(CCC(=O)Cc2cc(Br)ccc2F)c1. The molecule has 0 aliphatic heterocycles. The highest BCUT2D eigenvalue weighted by molar-refractivity contribution is 9.10. The van der Waals surface area contributed by atoms with Crippen LogP contribution in [0.15, 0.2) is 46.9 Å². The van der Waals surface area contributed by atoms with Crippen molar-refractivity contribution in [2.24, 2.45) is 0 Å². The van der Waals surface area contributed by atoms with Crippen LogP contribution in [0.25, 0.3) is 0 Å². The van der Waals surface area contributed by atoms with Crippen LogP contribution in [0.2, 0.25) is 0 Å². The Hall–Kier alpha value is -1.48. The maximum absolute atomic E-state index is 13.6. The monoisotopic (exact) mass is 334 g/mol. The van der Waals surface area contributed by atoms with Gasteiger partial charge in [0, 0.05) is 17.3 Å². The van der Waals surface area contributed by atoms with Crippen molar-refractivity contribution in [1.29, 1.82) is 0 Å². The zero-order valence-electron chi connectivity index (χ0n) is 11.3. The van der Waals surface area contributed by atoms with Crippen molar-refractivity contribution < 1.29 is 9.18 Å². The van der Waals surface area contributed by atoms with Crippen LogP contribution in [0, 0.1) is 12.7 Å². The van der Waals surface area contributed by atoms with Crippen molar-refractivity contribution in [2.45, 2.75) is 26.2 Å². The highest BCUT2D eigenvalue weighted by Crippen LogP contribution is 2.17. The van der Waals surface area contributed by atoms with Crippen molar-refractivity contribution in [3.05, 3.63) is 69.4 Å². The van der Waals surface area contributed by atoms with Crippen molar-refractivity contribution in [2.75, 3.05) is 0 Å². The number of rotatable bonds is 5. The standard InChI is InChI=1S/C17H16BrFO/c1-12-3-2-4-13(9-12)5-7-16(20)11-14-10-15(18)6-8-17(14)19/h2-4,6,8-10H,5,7,11H2,1H3. The summed E-state index contributed by atoms with van der Waals surface area (Å²) in [5.74, 6) is -0.263. The molecule has 2 rings (SSSR count). The Bertz CT molecular complexity index is 622. The van der Waals surface area contributed by atoms with Gasteiger partial charge < -0.3 is 0 Å². The molecule has 1 nitrogen and oxygen atoms in total. The van der Waals surface area contributed by atoms with Gasteiger partial charge >= 0.3 is 0 Å². The number of Topliss-reactive ketones (excluding diaryl/α,β-unsaturated/α-hetero) is 1. The number of carbonyl (C=O) groups excluding carboxylic acids is 1. The van der Waals surface area contributed by atoms with Gasteiger partial charge in [-0.05, 0) is 42.7 Å². The third-order valence-corrected chi connectivity index (χ3v) is 3.66. The van der Waals surface area contributed by atoms with Gasteiger partial charge in [-0.1, -0.05) is 45.8 Å². The quantitative estimate of drug-likeness (QED) is 0.778. The maximum atomic E-state index is 13.6. The molecule has 3 heteroatoms. The number of hydrogen-bond donors (Lipinski definition) is 0. The van der Waals surface area contributed by atoms with Crippen LogP contribution >= 0.6 is 15.9 Å². The second-order valence-corrected chi connectivity index (χ2v) is 5.86. The molecule has 0 saturated heterocycles. The summed E-state index contributed by atoms with van der Waals surface area (Å²) in [5, 5.41) is 0. The summed E-state index contributed by atoms with van der Waals surface area (Å²) < 4.78 is 14.4. The minimum Gasteiger partial charge on any atom is -0.299 e. The van der Waals surface area contributed by atoms with E-state index in [1.54, 1.807) is 12.1 Å². The van der Waals surface area contributed by atoms with E-state index in [0.29, 0.717) is 18.4 Å². The van der Waals surface area contributed by atoms with Crippen LogP contribution in [0.5, 0.6) is 0 Å². The molecule has 0 radical (unpaired) electrons. The van der Waals surface area contributed by atoms with E-state index in [0.717, 1.165) is 10.0 Å². The fourth-order valence-corrected chi connectivity index (χ4v) is 2.54. The molecule has 0 unspecified atom stereocenters. The van der Waals surface area contributed by atoms with Crippen LogP contribution in [-0.4, -0.2) is 5.78 Å². The first kappa shape index (κ1) is 14.9. The molecular formula is C17H16BrFO. The first-order valence-corrected chi connectivity index (χ1v) is 7.35. The van der Waals surface area contributed by atoms with Crippen LogP contribution in [0.4, 0.5) is 4.39 Å². The van der Waals surface area contributed by atoms with E-state index < -0.39 is 0 Å². The molecule has 0 fully saturated rings. The largest absolute Gasteiger partial charge is 0.299 e. The van der Waals surface area contributed by atoms with E-state index >= 15 is 0 Å². The van der Waals surface area contributed by atoms with E-state index in [2.05, 4.69) is 22.0 Å². The molecule has 0 aliphatic carbocycles. The zero-order valence-corrected chi connectivity index (χ0v) is 12.9. The Morgan fingerprint density at radius 1 is 1.20 bits per heavy atom. The summed E-state index contributed by atoms with van der Waals surface area (Å²) in [6.45, 7) is 2.03. The van der Waals surface area contributed by atoms with Gasteiger partial charge in [0.1, 0.15) is 11.6 Å². The molecule has 2 aromatic carbocycles. The number of aryl methyl sites for hydroxylation is 2.